The van der Waals surface area contributed by atoms with Crippen molar-refractivity contribution in [1.29, 1.82) is 0 Å². The SMILES string of the molecule is CCC(CC)n1c(-c2cccc(OC)c2)cc(C(N)=O)c1C. The predicted octanol–water partition coefficient (Wildman–Crippen LogP) is 3.93. The molecule has 1 heterocycles. The van der Waals surface area contributed by atoms with Crippen LogP contribution in [0.4, 0.5) is 0 Å². The van der Waals surface area contributed by atoms with Crippen LogP contribution in [-0.4, -0.2) is 17.6 Å². The zero-order valence-electron chi connectivity index (χ0n) is 13.7. The summed E-state index contributed by atoms with van der Waals surface area (Å²) >= 11 is 0. The maximum Gasteiger partial charge on any atom is 0.250 e. The minimum Gasteiger partial charge on any atom is -0.497 e. The number of benzene rings is 1. The van der Waals surface area contributed by atoms with Crippen LogP contribution in [0.5, 0.6) is 5.75 Å². The summed E-state index contributed by atoms with van der Waals surface area (Å²) in [7, 11) is 1.65. The van der Waals surface area contributed by atoms with Crippen LogP contribution in [-0.2, 0) is 0 Å². The van der Waals surface area contributed by atoms with E-state index in [9.17, 15) is 4.79 Å². The van der Waals surface area contributed by atoms with E-state index in [2.05, 4.69) is 18.4 Å². The maximum atomic E-state index is 11.7. The first kappa shape index (κ1) is 16.1. The number of nitrogens with two attached hydrogens (primary N) is 1. The Kier molecular flexibility index (Phi) is 4.91. The number of methoxy groups -OCH3 is 1. The van der Waals surface area contributed by atoms with Gasteiger partial charge in [0.25, 0.3) is 5.91 Å². The quantitative estimate of drug-likeness (QED) is 0.878. The van der Waals surface area contributed by atoms with Crippen LogP contribution in [0.2, 0.25) is 0 Å². The Bertz CT molecular complexity index is 670. The van der Waals surface area contributed by atoms with Crippen LogP contribution in [0.25, 0.3) is 11.3 Å². The third-order valence-electron chi connectivity index (χ3n) is 4.23. The monoisotopic (exact) mass is 300 g/mol. The zero-order valence-corrected chi connectivity index (χ0v) is 13.7. The van der Waals surface area contributed by atoms with Crippen molar-refractivity contribution in [2.45, 2.75) is 39.7 Å². The molecule has 2 rings (SSSR count). The molecule has 0 fully saturated rings. The van der Waals surface area contributed by atoms with Gasteiger partial charge in [-0.05, 0) is 38.0 Å². The number of nitrogens with zero attached hydrogens (tertiary/aromatic N) is 1. The van der Waals surface area contributed by atoms with E-state index in [1.807, 2.05) is 37.3 Å². The largest absolute Gasteiger partial charge is 0.497 e. The van der Waals surface area contributed by atoms with Gasteiger partial charge in [0.2, 0.25) is 0 Å². The molecule has 0 radical (unpaired) electrons. The molecule has 4 nitrogen and oxygen atoms in total. The fraction of sp³-hybridized carbons (Fsp3) is 0.389. The molecule has 1 aromatic carbocycles. The van der Waals surface area contributed by atoms with Gasteiger partial charge in [0.1, 0.15) is 5.75 Å². The molecule has 0 spiro atoms. The third-order valence-corrected chi connectivity index (χ3v) is 4.23. The normalized spacial score (nSPS) is 11.0. The van der Waals surface area contributed by atoms with Crippen LogP contribution in [0.1, 0.15) is 48.8 Å². The molecule has 2 N–H and O–H groups in total. The van der Waals surface area contributed by atoms with Crippen LogP contribution in [0.15, 0.2) is 30.3 Å². The lowest BCUT2D eigenvalue weighted by molar-refractivity contribution is 0.0999. The highest BCUT2D eigenvalue weighted by Crippen LogP contribution is 2.33. The first-order valence-corrected chi connectivity index (χ1v) is 7.69. The van der Waals surface area contributed by atoms with Crippen molar-refractivity contribution in [2.24, 2.45) is 5.73 Å². The topological polar surface area (TPSA) is 57.2 Å². The Morgan fingerprint density at radius 1 is 1.27 bits per heavy atom. The van der Waals surface area contributed by atoms with Crippen LogP contribution >= 0.6 is 0 Å². The molecule has 1 aromatic heterocycles. The number of hydrogen-bond acceptors (Lipinski definition) is 2. The van der Waals surface area contributed by atoms with Crippen molar-refractivity contribution in [3.8, 4) is 17.0 Å². The van der Waals surface area contributed by atoms with E-state index in [-0.39, 0.29) is 5.91 Å². The number of aromatic nitrogens is 1. The van der Waals surface area contributed by atoms with Crippen molar-refractivity contribution >= 4 is 5.91 Å². The fourth-order valence-corrected chi connectivity index (χ4v) is 3.00. The molecule has 0 saturated heterocycles. The van der Waals surface area contributed by atoms with Gasteiger partial charge in [-0.15, -0.1) is 0 Å². The van der Waals surface area contributed by atoms with E-state index in [1.54, 1.807) is 7.11 Å². The van der Waals surface area contributed by atoms with Gasteiger partial charge < -0.3 is 15.0 Å². The van der Waals surface area contributed by atoms with E-state index in [4.69, 9.17) is 10.5 Å². The predicted molar refractivity (Wildman–Crippen MR) is 89.3 cm³/mol. The molecule has 0 aliphatic rings. The number of rotatable bonds is 6. The number of primary amides is 1. The van der Waals surface area contributed by atoms with Crippen molar-refractivity contribution < 1.29 is 9.53 Å². The summed E-state index contributed by atoms with van der Waals surface area (Å²) in [5.74, 6) is 0.416. The molecule has 1 amide bonds. The number of carbonyl (C=O) groups excluding carboxylic acids is 1. The zero-order chi connectivity index (χ0) is 16.3. The van der Waals surface area contributed by atoms with Gasteiger partial charge in [0.15, 0.2) is 0 Å². The second kappa shape index (κ2) is 6.69. The average molecular weight is 300 g/mol. The lowest BCUT2D eigenvalue weighted by Crippen LogP contribution is -2.14. The number of amides is 1. The summed E-state index contributed by atoms with van der Waals surface area (Å²) in [6.07, 6.45) is 2.00. The lowest BCUT2D eigenvalue weighted by atomic mass is 10.1. The van der Waals surface area contributed by atoms with Gasteiger partial charge in [0.05, 0.1) is 12.7 Å². The molecule has 0 unspecified atom stereocenters. The van der Waals surface area contributed by atoms with Crippen LogP contribution in [0, 0.1) is 6.92 Å². The standard InChI is InChI=1S/C18H24N2O2/c1-5-14(6-2)20-12(3)16(18(19)21)11-17(20)13-8-7-9-15(10-13)22-4/h7-11,14H,5-6H2,1-4H3,(H2,19,21). The van der Waals surface area contributed by atoms with Gasteiger partial charge in [-0.1, -0.05) is 26.0 Å². The highest BCUT2D eigenvalue weighted by atomic mass is 16.5. The van der Waals surface area contributed by atoms with E-state index in [0.29, 0.717) is 11.6 Å². The summed E-state index contributed by atoms with van der Waals surface area (Å²) < 4.78 is 7.54. The van der Waals surface area contributed by atoms with Crippen molar-refractivity contribution in [2.75, 3.05) is 7.11 Å². The van der Waals surface area contributed by atoms with Gasteiger partial charge in [-0.3, -0.25) is 4.79 Å². The highest BCUT2D eigenvalue weighted by Gasteiger charge is 2.20. The second-order valence-electron chi connectivity index (χ2n) is 5.47. The molecule has 0 aliphatic heterocycles. The molecule has 0 atom stereocenters. The molecule has 0 bridgehead atoms. The summed E-state index contributed by atoms with van der Waals surface area (Å²) in [5, 5.41) is 0. The molecule has 0 saturated carbocycles. The molecule has 2 aromatic rings. The minimum absolute atomic E-state index is 0.342. The second-order valence-corrected chi connectivity index (χ2v) is 5.47. The smallest absolute Gasteiger partial charge is 0.250 e. The van der Waals surface area contributed by atoms with Crippen molar-refractivity contribution in [3.63, 3.8) is 0 Å². The number of hydrogen-bond donors (Lipinski definition) is 1. The first-order valence-electron chi connectivity index (χ1n) is 7.69. The van der Waals surface area contributed by atoms with Gasteiger partial charge in [-0.2, -0.15) is 0 Å². The van der Waals surface area contributed by atoms with Crippen molar-refractivity contribution in [1.82, 2.24) is 4.57 Å². The van der Waals surface area contributed by atoms with Crippen LogP contribution < -0.4 is 10.5 Å². The Morgan fingerprint density at radius 2 is 1.95 bits per heavy atom. The van der Waals surface area contributed by atoms with E-state index in [0.717, 1.165) is 35.5 Å². The van der Waals surface area contributed by atoms with Gasteiger partial charge >= 0.3 is 0 Å². The first-order chi connectivity index (χ1) is 10.5. The Hall–Kier alpha value is -2.23. The molecule has 118 valence electrons. The number of carbonyl (C=O) groups is 1. The highest BCUT2D eigenvalue weighted by molar-refractivity contribution is 5.95. The van der Waals surface area contributed by atoms with Crippen LogP contribution in [0.3, 0.4) is 0 Å². The fourth-order valence-electron chi connectivity index (χ4n) is 3.00. The van der Waals surface area contributed by atoms with Gasteiger partial charge in [0, 0.05) is 23.0 Å². The van der Waals surface area contributed by atoms with E-state index in [1.165, 1.54) is 0 Å². The van der Waals surface area contributed by atoms with Gasteiger partial charge in [-0.25, -0.2) is 0 Å². The van der Waals surface area contributed by atoms with Crippen molar-refractivity contribution in [3.05, 3.63) is 41.6 Å². The summed E-state index contributed by atoms with van der Waals surface area (Å²) in [6, 6.07) is 10.1. The molecule has 0 aliphatic carbocycles. The molecule has 22 heavy (non-hydrogen) atoms. The maximum absolute atomic E-state index is 11.7. The number of ether oxygens (including phenoxy) is 1. The summed E-state index contributed by atoms with van der Waals surface area (Å²) in [6.45, 7) is 6.28. The average Bonchev–Trinajstić information content (AvgIpc) is 2.87. The minimum atomic E-state index is -0.383. The third kappa shape index (κ3) is 2.86. The molecular weight excluding hydrogens is 276 g/mol. The molecular formula is C18H24N2O2. The Labute approximate surface area is 131 Å². The van der Waals surface area contributed by atoms with E-state index >= 15 is 0 Å². The Morgan fingerprint density at radius 3 is 2.50 bits per heavy atom. The molecule has 4 heteroatoms. The van der Waals surface area contributed by atoms with E-state index < -0.39 is 0 Å². The Balaban J connectivity index is 2.67. The summed E-state index contributed by atoms with van der Waals surface area (Å²) in [5.41, 5.74) is 9.10. The lowest BCUT2D eigenvalue weighted by Gasteiger charge is -2.21. The summed E-state index contributed by atoms with van der Waals surface area (Å²) in [4.78, 5) is 11.7.